The topological polar surface area (TPSA) is 72.9 Å². The Kier molecular flexibility index (Phi) is 9.42. The maximum Gasteiger partial charge on any atom is 0.317 e. The van der Waals surface area contributed by atoms with Gasteiger partial charge >= 0.3 is 5.97 Å². The van der Waals surface area contributed by atoms with E-state index in [-0.39, 0.29) is 24.9 Å². The third-order valence-electron chi connectivity index (χ3n) is 4.33. The highest BCUT2D eigenvalue weighted by Crippen LogP contribution is 2.17. The van der Waals surface area contributed by atoms with Gasteiger partial charge in [-0.05, 0) is 51.2 Å². The van der Waals surface area contributed by atoms with Crippen molar-refractivity contribution in [1.82, 2.24) is 9.80 Å². The smallest absolute Gasteiger partial charge is 0.317 e. The number of carbonyl (C=O) groups is 2. The van der Waals surface area contributed by atoms with E-state index in [2.05, 4.69) is 26.1 Å². The van der Waals surface area contributed by atoms with Gasteiger partial charge in [-0.2, -0.15) is 0 Å². The summed E-state index contributed by atoms with van der Waals surface area (Å²) in [6, 6.07) is 7.86. The van der Waals surface area contributed by atoms with Crippen LogP contribution in [-0.2, 0) is 9.59 Å². The number of likely N-dealkylation sites (N-methyl/N-ethyl adjacent to an activating group) is 1. The highest BCUT2D eigenvalue weighted by molar-refractivity contribution is 9.10. The van der Waals surface area contributed by atoms with Crippen molar-refractivity contribution in [2.45, 2.75) is 25.3 Å². The van der Waals surface area contributed by atoms with Gasteiger partial charge in [0.1, 0.15) is 0 Å². The molecule has 1 aromatic carbocycles. The van der Waals surface area contributed by atoms with Gasteiger partial charge in [0, 0.05) is 29.2 Å². The monoisotopic (exact) mass is 433 g/mol. The van der Waals surface area contributed by atoms with Gasteiger partial charge in [-0.3, -0.25) is 14.5 Å². The van der Waals surface area contributed by atoms with Gasteiger partial charge in [-0.15, -0.1) is 12.4 Å². The van der Waals surface area contributed by atoms with Gasteiger partial charge in [-0.1, -0.05) is 22.0 Å². The van der Waals surface area contributed by atoms with E-state index >= 15 is 0 Å². The molecule has 0 unspecified atom stereocenters. The van der Waals surface area contributed by atoms with Crippen LogP contribution >= 0.6 is 28.3 Å². The van der Waals surface area contributed by atoms with Gasteiger partial charge in [0.2, 0.25) is 5.91 Å². The number of amides is 1. The molecule has 1 amide bonds. The highest BCUT2D eigenvalue weighted by atomic mass is 79.9. The number of piperidine rings is 1. The maximum atomic E-state index is 12.0. The number of anilines is 1. The van der Waals surface area contributed by atoms with E-state index in [1.54, 1.807) is 0 Å². The van der Waals surface area contributed by atoms with Crippen LogP contribution in [0.15, 0.2) is 28.7 Å². The number of hydrogen-bond acceptors (Lipinski definition) is 4. The second kappa shape index (κ2) is 10.8. The number of nitrogens with one attached hydrogen (secondary N) is 1. The predicted molar refractivity (Wildman–Crippen MR) is 104 cm³/mol. The third kappa shape index (κ3) is 7.73. The fourth-order valence-corrected chi connectivity index (χ4v) is 3.37. The van der Waals surface area contributed by atoms with Crippen molar-refractivity contribution in [2.75, 3.05) is 38.5 Å². The van der Waals surface area contributed by atoms with Crippen LogP contribution in [0.5, 0.6) is 0 Å². The van der Waals surface area contributed by atoms with Crippen LogP contribution in [0.1, 0.15) is 19.3 Å². The standard InChI is InChI=1S/C17H24BrN3O3.ClH/c1-20(12-17(23)24)15-5-8-21(9-6-15)10-7-16(22)19-14-4-2-3-13(18)11-14;/h2-4,11,15H,5-10,12H2,1H3,(H,19,22)(H,23,24);1H. The molecule has 1 aliphatic heterocycles. The first-order valence-electron chi connectivity index (χ1n) is 8.14. The Bertz CT molecular complexity index is 580. The fraction of sp³-hybridized carbons (Fsp3) is 0.529. The van der Waals surface area contributed by atoms with E-state index in [1.165, 1.54) is 0 Å². The summed E-state index contributed by atoms with van der Waals surface area (Å²) in [6.07, 6.45) is 2.34. The molecule has 2 rings (SSSR count). The number of aliphatic carboxylic acids is 1. The van der Waals surface area contributed by atoms with Crippen LogP contribution < -0.4 is 5.32 Å². The van der Waals surface area contributed by atoms with E-state index < -0.39 is 5.97 Å². The summed E-state index contributed by atoms with van der Waals surface area (Å²) in [6.45, 7) is 2.62. The number of carbonyl (C=O) groups excluding carboxylic acids is 1. The zero-order valence-electron chi connectivity index (χ0n) is 14.3. The Morgan fingerprint density at radius 1 is 1.36 bits per heavy atom. The van der Waals surface area contributed by atoms with Crippen LogP contribution in [0.2, 0.25) is 0 Å². The Morgan fingerprint density at radius 2 is 2.04 bits per heavy atom. The van der Waals surface area contributed by atoms with Crippen molar-refractivity contribution in [3.63, 3.8) is 0 Å². The Labute approximate surface area is 163 Å². The van der Waals surface area contributed by atoms with E-state index in [9.17, 15) is 9.59 Å². The highest BCUT2D eigenvalue weighted by Gasteiger charge is 2.23. The predicted octanol–water partition coefficient (Wildman–Crippen LogP) is 2.68. The average molecular weight is 435 g/mol. The zero-order valence-corrected chi connectivity index (χ0v) is 16.7. The average Bonchev–Trinajstić information content (AvgIpc) is 2.53. The minimum Gasteiger partial charge on any atom is -0.480 e. The Hall–Kier alpha value is -1.15. The molecule has 6 nitrogen and oxygen atoms in total. The van der Waals surface area contributed by atoms with Gasteiger partial charge in [0.15, 0.2) is 0 Å². The molecule has 0 saturated carbocycles. The maximum absolute atomic E-state index is 12.0. The molecular weight excluding hydrogens is 410 g/mol. The minimum absolute atomic E-state index is 0. The number of rotatable bonds is 7. The molecule has 8 heteroatoms. The van der Waals surface area contributed by atoms with Crippen LogP contribution in [0.4, 0.5) is 5.69 Å². The molecule has 1 heterocycles. The molecule has 25 heavy (non-hydrogen) atoms. The van der Waals surface area contributed by atoms with Crippen molar-refractivity contribution < 1.29 is 14.7 Å². The largest absolute Gasteiger partial charge is 0.480 e. The van der Waals surface area contributed by atoms with Crippen LogP contribution in [0.3, 0.4) is 0 Å². The van der Waals surface area contributed by atoms with Crippen molar-refractivity contribution in [3.8, 4) is 0 Å². The van der Waals surface area contributed by atoms with Crippen molar-refractivity contribution in [3.05, 3.63) is 28.7 Å². The molecule has 1 saturated heterocycles. The molecule has 140 valence electrons. The molecule has 1 aliphatic rings. The van der Waals surface area contributed by atoms with Gasteiger partial charge in [0.25, 0.3) is 0 Å². The molecule has 1 aromatic rings. The lowest BCUT2D eigenvalue weighted by Crippen LogP contribution is -2.45. The number of nitrogens with zero attached hydrogens (tertiary/aromatic N) is 2. The van der Waals surface area contributed by atoms with Crippen LogP contribution in [-0.4, -0.2) is 66.1 Å². The van der Waals surface area contributed by atoms with Gasteiger partial charge in [0.05, 0.1) is 6.54 Å². The molecule has 0 aliphatic carbocycles. The lowest BCUT2D eigenvalue weighted by molar-refractivity contribution is -0.138. The SMILES string of the molecule is CN(CC(=O)O)C1CCN(CCC(=O)Nc2cccc(Br)c2)CC1.Cl. The number of likely N-dealkylation sites (tertiary alicyclic amines) is 1. The second-order valence-electron chi connectivity index (χ2n) is 6.19. The molecule has 0 aromatic heterocycles. The molecule has 0 spiro atoms. The van der Waals surface area contributed by atoms with Gasteiger partial charge < -0.3 is 15.3 Å². The van der Waals surface area contributed by atoms with E-state index in [4.69, 9.17) is 5.11 Å². The molecule has 0 atom stereocenters. The first kappa shape index (κ1) is 21.9. The summed E-state index contributed by atoms with van der Waals surface area (Å²) in [5, 5.41) is 11.8. The summed E-state index contributed by atoms with van der Waals surface area (Å²) < 4.78 is 0.938. The first-order chi connectivity index (χ1) is 11.4. The molecular formula is C17H25BrClN3O3. The number of hydrogen-bond donors (Lipinski definition) is 2. The summed E-state index contributed by atoms with van der Waals surface area (Å²) in [5.74, 6) is -0.776. The second-order valence-corrected chi connectivity index (χ2v) is 7.11. The lowest BCUT2D eigenvalue weighted by atomic mass is 10.0. The summed E-state index contributed by atoms with van der Waals surface area (Å²) in [5.41, 5.74) is 0.795. The molecule has 2 N–H and O–H groups in total. The lowest BCUT2D eigenvalue weighted by Gasteiger charge is -2.36. The quantitative estimate of drug-likeness (QED) is 0.690. The zero-order chi connectivity index (χ0) is 17.5. The van der Waals surface area contributed by atoms with Crippen molar-refractivity contribution in [1.29, 1.82) is 0 Å². The number of carboxylic acid groups (broad SMARTS) is 1. The summed E-state index contributed by atoms with van der Waals surface area (Å²) in [4.78, 5) is 27.0. The van der Waals surface area contributed by atoms with E-state index in [1.807, 2.05) is 36.2 Å². The van der Waals surface area contributed by atoms with Crippen molar-refractivity contribution in [2.24, 2.45) is 0 Å². The van der Waals surface area contributed by atoms with E-state index in [0.29, 0.717) is 12.5 Å². The van der Waals surface area contributed by atoms with Gasteiger partial charge in [-0.25, -0.2) is 0 Å². The third-order valence-corrected chi connectivity index (χ3v) is 4.82. The molecule has 0 radical (unpaired) electrons. The number of carboxylic acids is 1. The Morgan fingerprint density at radius 3 is 2.64 bits per heavy atom. The van der Waals surface area contributed by atoms with E-state index in [0.717, 1.165) is 42.6 Å². The Balaban J connectivity index is 0.00000312. The van der Waals surface area contributed by atoms with Crippen LogP contribution in [0.25, 0.3) is 0 Å². The number of benzene rings is 1. The molecule has 0 bridgehead atoms. The minimum atomic E-state index is -0.788. The summed E-state index contributed by atoms with van der Waals surface area (Å²) >= 11 is 3.39. The first-order valence-corrected chi connectivity index (χ1v) is 8.93. The van der Waals surface area contributed by atoms with Crippen molar-refractivity contribution >= 4 is 45.9 Å². The van der Waals surface area contributed by atoms with Crippen LogP contribution in [0, 0.1) is 0 Å². The number of halogens is 2. The fourth-order valence-electron chi connectivity index (χ4n) is 2.98. The summed E-state index contributed by atoms with van der Waals surface area (Å²) in [7, 11) is 1.86. The molecule has 1 fully saturated rings. The normalized spacial score (nSPS) is 15.6.